The highest BCUT2D eigenvalue weighted by atomic mass is 16.5. The monoisotopic (exact) mass is 367 g/mol. The molecule has 1 amide bonds. The molecule has 142 valence electrons. The Morgan fingerprint density at radius 1 is 1.15 bits per heavy atom. The van der Waals surface area contributed by atoms with Crippen LogP contribution in [-0.2, 0) is 20.7 Å². The number of esters is 1. The predicted molar refractivity (Wildman–Crippen MR) is 105 cm³/mol. The summed E-state index contributed by atoms with van der Waals surface area (Å²) in [6, 6.07) is 14.4. The van der Waals surface area contributed by atoms with E-state index in [1.54, 1.807) is 20.1 Å². The molecule has 5 nitrogen and oxygen atoms in total. The lowest BCUT2D eigenvalue weighted by Crippen LogP contribution is -2.42. The zero-order valence-electron chi connectivity index (χ0n) is 15.9. The summed E-state index contributed by atoms with van der Waals surface area (Å²) < 4.78 is 10.3. The van der Waals surface area contributed by atoms with Crippen molar-refractivity contribution >= 4 is 18.0 Å². The molecule has 0 aliphatic rings. The number of methoxy groups -OCH3 is 1. The van der Waals surface area contributed by atoms with Gasteiger partial charge in [0.25, 0.3) is 0 Å². The quantitative estimate of drug-likeness (QED) is 0.574. The van der Waals surface area contributed by atoms with Crippen molar-refractivity contribution in [2.24, 2.45) is 0 Å². The maximum atomic E-state index is 12.3. The number of rotatable bonds is 8. The summed E-state index contributed by atoms with van der Waals surface area (Å²) in [5.74, 6) is -0.0921. The Morgan fingerprint density at radius 2 is 1.89 bits per heavy atom. The standard InChI is InChI=1S/C22H25NO4/c1-4-27-22(25)20(15-18-10-8-16(2)9-11-18)23-21(24)13-12-17-6-5-7-19(14-17)26-3/h5-14,20H,4,15H2,1-3H3,(H,23,24)/b13-12+. The van der Waals surface area contributed by atoms with Gasteiger partial charge in [-0.05, 0) is 43.2 Å². The summed E-state index contributed by atoms with van der Waals surface area (Å²) in [6.07, 6.45) is 3.44. The Morgan fingerprint density at radius 3 is 2.56 bits per heavy atom. The van der Waals surface area contributed by atoms with Crippen LogP contribution >= 0.6 is 0 Å². The van der Waals surface area contributed by atoms with Gasteiger partial charge in [-0.3, -0.25) is 4.79 Å². The molecule has 0 radical (unpaired) electrons. The molecule has 1 N–H and O–H groups in total. The van der Waals surface area contributed by atoms with Gasteiger partial charge in [-0.25, -0.2) is 4.79 Å². The molecule has 2 rings (SSSR count). The van der Waals surface area contributed by atoms with Gasteiger partial charge in [-0.2, -0.15) is 0 Å². The van der Waals surface area contributed by atoms with Gasteiger partial charge in [0.2, 0.25) is 5.91 Å². The zero-order chi connectivity index (χ0) is 19.6. The Hall–Kier alpha value is -3.08. The summed E-state index contributed by atoms with van der Waals surface area (Å²) in [4.78, 5) is 24.5. The molecule has 0 fully saturated rings. The van der Waals surface area contributed by atoms with Crippen LogP contribution in [0.1, 0.15) is 23.6 Å². The maximum absolute atomic E-state index is 12.3. The molecule has 2 aromatic carbocycles. The molecule has 0 aromatic heterocycles. The summed E-state index contributed by atoms with van der Waals surface area (Å²) in [6.45, 7) is 4.00. The minimum absolute atomic E-state index is 0.263. The van der Waals surface area contributed by atoms with Gasteiger partial charge in [-0.1, -0.05) is 42.0 Å². The summed E-state index contributed by atoms with van der Waals surface area (Å²) in [7, 11) is 1.59. The highest BCUT2D eigenvalue weighted by Crippen LogP contribution is 2.13. The van der Waals surface area contributed by atoms with Crippen LogP contribution in [0.5, 0.6) is 5.75 Å². The minimum atomic E-state index is -0.741. The van der Waals surface area contributed by atoms with Crippen LogP contribution in [-0.4, -0.2) is 31.6 Å². The fourth-order valence-corrected chi connectivity index (χ4v) is 2.53. The molecule has 0 aliphatic heterocycles. The minimum Gasteiger partial charge on any atom is -0.497 e. The van der Waals surface area contributed by atoms with Crippen LogP contribution in [0.15, 0.2) is 54.6 Å². The lowest BCUT2D eigenvalue weighted by molar-refractivity contribution is -0.146. The van der Waals surface area contributed by atoms with Gasteiger partial charge < -0.3 is 14.8 Å². The van der Waals surface area contributed by atoms with Crippen molar-refractivity contribution in [1.29, 1.82) is 0 Å². The fraction of sp³-hybridized carbons (Fsp3) is 0.273. The predicted octanol–water partition coefficient (Wildman–Crippen LogP) is 3.31. The van der Waals surface area contributed by atoms with Crippen molar-refractivity contribution in [3.05, 3.63) is 71.3 Å². The van der Waals surface area contributed by atoms with Gasteiger partial charge in [-0.15, -0.1) is 0 Å². The Labute approximate surface area is 160 Å². The van der Waals surface area contributed by atoms with E-state index in [0.29, 0.717) is 12.2 Å². The number of aryl methyl sites for hydroxylation is 1. The molecule has 0 heterocycles. The Kier molecular flexibility index (Phi) is 7.62. The molecule has 1 unspecified atom stereocenters. The second-order valence-electron chi connectivity index (χ2n) is 6.11. The van der Waals surface area contributed by atoms with E-state index < -0.39 is 12.0 Å². The number of carbonyl (C=O) groups excluding carboxylic acids is 2. The number of hydrogen-bond donors (Lipinski definition) is 1. The molecule has 27 heavy (non-hydrogen) atoms. The van der Waals surface area contributed by atoms with Crippen LogP contribution < -0.4 is 10.1 Å². The van der Waals surface area contributed by atoms with E-state index in [2.05, 4.69) is 5.32 Å². The molecular weight excluding hydrogens is 342 g/mol. The molecule has 0 bridgehead atoms. The maximum Gasteiger partial charge on any atom is 0.328 e. The number of benzene rings is 2. The summed E-state index contributed by atoms with van der Waals surface area (Å²) >= 11 is 0. The first kappa shape index (κ1) is 20.2. The number of ether oxygens (including phenoxy) is 2. The van der Waals surface area contributed by atoms with E-state index in [0.717, 1.165) is 16.7 Å². The van der Waals surface area contributed by atoms with Gasteiger partial charge in [0.1, 0.15) is 11.8 Å². The number of nitrogens with one attached hydrogen (secondary N) is 1. The van der Waals surface area contributed by atoms with E-state index in [-0.39, 0.29) is 12.5 Å². The van der Waals surface area contributed by atoms with Crippen molar-refractivity contribution in [2.45, 2.75) is 26.3 Å². The first-order valence-corrected chi connectivity index (χ1v) is 8.86. The highest BCUT2D eigenvalue weighted by Gasteiger charge is 2.21. The molecule has 0 saturated carbocycles. The van der Waals surface area contributed by atoms with Gasteiger partial charge >= 0.3 is 5.97 Å². The van der Waals surface area contributed by atoms with E-state index in [9.17, 15) is 9.59 Å². The van der Waals surface area contributed by atoms with Crippen LogP contribution in [0.2, 0.25) is 0 Å². The second-order valence-corrected chi connectivity index (χ2v) is 6.11. The van der Waals surface area contributed by atoms with Crippen LogP contribution in [0.25, 0.3) is 6.08 Å². The van der Waals surface area contributed by atoms with Crippen LogP contribution in [0.3, 0.4) is 0 Å². The molecule has 1 atom stereocenters. The largest absolute Gasteiger partial charge is 0.497 e. The molecule has 0 spiro atoms. The average molecular weight is 367 g/mol. The van der Waals surface area contributed by atoms with E-state index in [1.807, 2.05) is 55.5 Å². The van der Waals surface area contributed by atoms with E-state index in [1.165, 1.54) is 6.08 Å². The third-order valence-corrected chi connectivity index (χ3v) is 3.97. The van der Waals surface area contributed by atoms with Crippen molar-refractivity contribution in [3.8, 4) is 5.75 Å². The first-order chi connectivity index (χ1) is 13.0. The zero-order valence-corrected chi connectivity index (χ0v) is 15.9. The van der Waals surface area contributed by atoms with Gasteiger partial charge in [0, 0.05) is 12.5 Å². The number of amides is 1. The van der Waals surface area contributed by atoms with Gasteiger partial charge in [0.15, 0.2) is 0 Å². The molecular formula is C22H25NO4. The Bertz CT molecular complexity index is 796. The Balaban J connectivity index is 2.06. The van der Waals surface area contributed by atoms with Crippen molar-refractivity contribution in [1.82, 2.24) is 5.32 Å². The fourth-order valence-electron chi connectivity index (χ4n) is 2.53. The van der Waals surface area contributed by atoms with E-state index >= 15 is 0 Å². The normalized spacial score (nSPS) is 11.8. The number of carbonyl (C=O) groups is 2. The average Bonchev–Trinajstić information content (AvgIpc) is 2.68. The molecule has 2 aromatic rings. The van der Waals surface area contributed by atoms with Gasteiger partial charge in [0.05, 0.1) is 13.7 Å². The third-order valence-electron chi connectivity index (χ3n) is 3.97. The first-order valence-electron chi connectivity index (χ1n) is 8.86. The lowest BCUT2D eigenvalue weighted by Gasteiger charge is -2.16. The van der Waals surface area contributed by atoms with E-state index in [4.69, 9.17) is 9.47 Å². The molecule has 0 aliphatic carbocycles. The molecule has 5 heteroatoms. The smallest absolute Gasteiger partial charge is 0.328 e. The molecule has 0 saturated heterocycles. The van der Waals surface area contributed by atoms with Crippen molar-refractivity contribution < 1.29 is 19.1 Å². The topological polar surface area (TPSA) is 64.6 Å². The lowest BCUT2D eigenvalue weighted by atomic mass is 10.0. The highest BCUT2D eigenvalue weighted by molar-refractivity contribution is 5.94. The summed E-state index contributed by atoms with van der Waals surface area (Å²) in [5.41, 5.74) is 2.92. The second kappa shape index (κ2) is 10.2. The summed E-state index contributed by atoms with van der Waals surface area (Å²) in [5, 5.41) is 2.73. The van der Waals surface area contributed by atoms with Crippen molar-refractivity contribution in [2.75, 3.05) is 13.7 Å². The van der Waals surface area contributed by atoms with Crippen LogP contribution in [0.4, 0.5) is 0 Å². The van der Waals surface area contributed by atoms with Crippen molar-refractivity contribution in [3.63, 3.8) is 0 Å². The SMILES string of the molecule is CCOC(=O)C(Cc1ccc(C)cc1)NC(=O)/C=C/c1cccc(OC)c1. The number of hydrogen-bond acceptors (Lipinski definition) is 4. The van der Waals surface area contributed by atoms with Crippen LogP contribution in [0, 0.1) is 6.92 Å². The third kappa shape index (κ3) is 6.62.